The van der Waals surface area contributed by atoms with E-state index in [-0.39, 0.29) is 24.4 Å². The van der Waals surface area contributed by atoms with Crippen LogP contribution in [0.25, 0.3) is 0 Å². The molecule has 168 valence electrons. The van der Waals surface area contributed by atoms with Crippen LogP contribution in [0.4, 0.5) is 0 Å². The summed E-state index contributed by atoms with van der Waals surface area (Å²) >= 11 is 0. The maximum atomic E-state index is 12.9. The van der Waals surface area contributed by atoms with Gasteiger partial charge in [0.1, 0.15) is 5.76 Å². The second-order valence-corrected chi connectivity index (χ2v) is 7.94. The normalized spacial score (nSPS) is 15.2. The number of fused-ring (bicyclic) bond motifs is 2. The summed E-state index contributed by atoms with van der Waals surface area (Å²) in [6.45, 7) is 2.38. The molecule has 1 aliphatic heterocycles. The summed E-state index contributed by atoms with van der Waals surface area (Å²) in [6.07, 6.45) is 2.25. The minimum Gasteiger partial charge on any atom is -0.455 e. The van der Waals surface area contributed by atoms with Crippen LogP contribution in [0, 0.1) is 6.92 Å². The van der Waals surface area contributed by atoms with Crippen molar-refractivity contribution in [3.05, 3.63) is 82.3 Å². The zero-order chi connectivity index (χ0) is 22.8. The number of carbonyl (C=O) groups excluding carboxylic acids is 2. The van der Waals surface area contributed by atoms with Gasteiger partial charge < -0.3 is 19.2 Å². The van der Waals surface area contributed by atoms with E-state index < -0.39 is 0 Å². The highest BCUT2D eigenvalue weighted by atomic mass is 16.7. The average molecular weight is 445 g/mol. The first-order valence-electron chi connectivity index (χ1n) is 10.8. The van der Waals surface area contributed by atoms with Gasteiger partial charge in [0.05, 0.1) is 5.71 Å². The van der Waals surface area contributed by atoms with Gasteiger partial charge in [-0.15, -0.1) is 0 Å². The molecule has 1 aliphatic carbocycles. The lowest BCUT2D eigenvalue weighted by atomic mass is 9.93. The number of nitrogens with one attached hydrogen (secondary N) is 2. The molecular formula is C25H23N3O5. The summed E-state index contributed by atoms with van der Waals surface area (Å²) in [5.41, 5.74) is 6.31. The first kappa shape index (κ1) is 20.8. The van der Waals surface area contributed by atoms with Gasteiger partial charge in [0.15, 0.2) is 17.3 Å². The quantitative estimate of drug-likeness (QED) is 0.583. The van der Waals surface area contributed by atoms with Gasteiger partial charge in [0.25, 0.3) is 11.8 Å². The monoisotopic (exact) mass is 445 g/mol. The van der Waals surface area contributed by atoms with Crippen molar-refractivity contribution in [2.75, 3.05) is 6.79 Å². The molecule has 2 heterocycles. The Balaban J connectivity index is 1.31. The van der Waals surface area contributed by atoms with Gasteiger partial charge in [0, 0.05) is 29.7 Å². The third kappa shape index (κ3) is 4.19. The molecule has 0 unspecified atom stereocenters. The standard InChI is InChI=1S/C25H23N3O5/c1-15-22-18(27-28-24(29)17-6-3-2-4-7-17)8-5-9-20(22)33-23(15)25(30)26-13-16-10-11-19-21(12-16)32-14-31-19/h2-4,6-7,10-12H,5,8-9,13-14H2,1H3,(H,26,30)(H,28,29)/b27-18+. The molecule has 2 amide bonds. The lowest BCUT2D eigenvalue weighted by molar-refractivity contribution is 0.0919. The summed E-state index contributed by atoms with van der Waals surface area (Å²) in [5, 5.41) is 7.27. The minimum absolute atomic E-state index is 0.206. The van der Waals surface area contributed by atoms with Gasteiger partial charge >= 0.3 is 0 Å². The fourth-order valence-corrected chi connectivity index (χ4v) is 4.08. The van der Waals surface area contributed by atoms with Crippen molar-refractivity contribution in [3.8, 4) is 11.5 Å². The Labute approximate surface area is 190 Å². The largest absolute Gasteiger partial charge is 0.455 e. The van der Waals surface area contributed by atoms with Gasteiger partial charge in [-0.2, -0.15) is 5.10 Å². The Kier molecular flexibility index (Phi) is 5.56. The number of nitrogens with zero attached hydrogens (tertiary/aromatic N) is 1. The molecule has 8 nitrogen and oxygen atoms in total. The van der Waals surface area contributed by atoms with Crippen molar-refractivity contribution in [2.45, 2.75) is 32.7 Å². The molecule has 0 atom stereocenters. The predicted octanol–water partition coefficient (Wildman–Crippen LogP) is 3.72. The van der Waals surface area contributed by atoms with E-state index in [9.17, 15) is 9.59 Å². The fourth-order valence-electron chi connectivity index (χ4n) is 4.08. The Morgan fingerprint density at radius 3 is 2.67 bits per heavy atom. The highest BCUT2D eigenvalue weighted by Gasteiger charge is 2.28. The first-order chi connectivity index (χ1) is 16.1. The van der Waals surface area contributed by atoms with Crippen molar-refractivity contribution in [3.63, 3.8) is 0 Å². The number of hydrazone groups is 1. The number of hydrogen-bond donors (Lipinski definition) is 2. The van der Waals surface area contributed by atoms with E-state index in [0.29, 0.717) is 30.0 Å². The van der Waals surface area contributed by atoms with Crippen LogP contribution in [0.3, 0.4) is 0 Å². The lowest BCUT2D eigenvalue weighted by Crippen LogP contribution is -2.23. The zero-order valence-corrected chi connectivity index (χ0v) is 18.1. The van der Waals surface area contributed by atoms with Crippen molar-refractivity contribution >= 4 is 17.5 Å². The van der Waals surface area contributed by atoms with Gasteiger partial charge in [-0.25, -0.2) is 5.43 Å². The summed E-state index contributed by atoms with van der Waals surface area (Å²) in [5.74, 6) is 1.78. The maximum Gasteiger partial charge on any atom is 0.287 e. The van der Waals surface area contributed by atoms with Crippen molar-refractivity contribution in [2.24, 2.45) is 5.10 Å². The molecular weight excluding hydrogens is 422 g/mol. The molecule has 1 aromatic heterocycles. The second-order valence-electron chi connectivity index (χ2n) is 7.94. The van der Waals surface area contributed by atoms with Gasteiger partial charge in [-0.3, -0.25) is 9.59 Å². The van der Waals surface area contributed by atoms with Crippen LogP contribution in [-0.4, -0.2) is 24.3 Å². The molecule has 8 heteroatoms. The topological polar surface area (TPSA) is 102 Å². The van der Waals surface area contributed by atoms with Crippen molar-refractivity contribution in [1.29, 1.82) is 0 Å². The van der Waals surface area contributed by atoms with Crippen molar-refractivity contribution < 1.29 is 23.5 Å². The predicted molar refractivity (Wildman–Crippen MR) is 121 cm³/mol. The summed E-state index contributed by atoms with van der Waals surface area (Å²) < 4.78 is 16.6. The van der Waals surface area contributed by atoms with Crippen LogP contribution in [-0.2, 0) is 13.0 Å². The smallest absolute Gasteiger partial charge is 0.287 e. The van der Waals surface area contributed by atoms with E-state index in [4.69, 9.17) is 13.9 Å². The fraction of sp³-hybridized carbons (Fsp3) is 0.240. The molecule has 33 heavy (non-hydrogen) atoms. The second kappa shape index (κ2) is 8.82. The van der Waals surface area contributed by atoms with Crippen LogP contribution in [0.15, 0.2) is 58.0 Å². The van der Waals surface area contributed by atoms with E-state index in [2.05, 4.69) is 15.8 Å². The Morgan fingerprint density at radius 1 is 1.00 bits per heavy atom. The zero-order valence-electron chi connectivity index (χ0n) is 18.1. The number of ether oxygens (including phenoxy) is 2. The number of hydrogen-bond acceptors (Lipinski definition) is 6. The minimum atomic E-state index is -0.299. The summed E-state index contributed by atoms with van der Waals surface area (Å²) in [6, 6.07) is 14.5. The molecule has 0 fully saturated rings. The Hall–Kier alpha value is -4.07. The molecule has 0 saturated heterocycles. The van der Waals surface area contributed by atoms with Crippen LogP contribution >= 0.6 is 0 Å². The molecule has 3 aromatic rings. The molecule has 0 saturated carbocycles. The third-order valence-corrected chi connectivity index (χ3v) is 5.75. The molecule has 0 bridgehead atoms. The molecule has 2 aromatic carbocycles. The summed E-state index contributed by atoms with van der Waals surface area (Å²) in [7, 11) is 0. The van der Waals surface area contributed by atoms with Crippen LogP contribution in [0.2, 0.25) is 0 Å². The maximum absolute atomic E-state index is 12.9. The van der Waals surface area contributed by atoms with Crippen LogP contribution in [0.5, 0.6) is 11.5 Å². The number of furan rings is 1. The first-order valence-corrected chi connectivity index (χ1v) is 10.8. The van der Waals surface area contributed by atoms with E-state index in [0.717, 1.165) is 41.0 Å². The van der Waals surface area contributed by atoms with Crippen LogP contribution in [0.1, 0.15) is 56.2 Å². The number of benzene rings is 2. The molecule has 0 radical (unpaired) electrons. The lowest BCUT2D eigenvalue weighted by Gasteiger charge is -2.13. The molecule has 5 rings (SSSR count). The van der Waals surface area contributed by atoms with E-state index in [1.807, 2.05) is 31.2 Å². The highest BCUT2D eigenvalue weighted by molar-refractivity contribution is 6.07. The van der Waals surface area contributed by atoms with Gasteiger partial charge in [-0.1, -0.05) is 24.3 Å². The Bertz CT molecular complexity index is 1250. The average Bonchev–Trinajstić information content (AvgIpc) is 3.45. The Morgan fingerprint density at radius 2 is 1.82 bits per heavy atom. The highest BCUT2D eigenvalue weighted by Crippen LogP contribution is 2.33. The van der Waals surface area contributed by atoms with E-state index in [1.54, 1.807) is 24.3 Å². The number of amides is 2. The number of aryl methyl sites for hydroxylation is 1. The van der Waals surface area contributed by atoms with Crippen molar-refractivity contribution in [1.82, 2.24) is 10.7 Å². The van der Waals surface area contributed by atoms with E-state index >= 15 is 0 Å². The molecule has 2 aliphatic rings. The van der Waals surface area contributed by atoms with Gasteiger partial charge in [-0.05, 0) is 49.6 Å². The van der Waals surface area contributed by atoms with Crippen LogP contribution < -0.4 is 20.2 Å². The SMILES string of the molecule is Cc1c(C(=O)NCc2ccc3c(c2)OCO3)oc2c1/C(=N/NC(=O)c1ccccc1)CCC2. The molecule has 2 N–H and O–H groups in total. The third-order valence-electron chi connectivity index (χ3n) is 5.75. The van der Waals surface area contributed by atoms with Gasteiger partial charge in [0.2, 0.25) is 6.79 Å². The number of rotatable bonds is 5. The summed E-state index contributed by atoms with van der Waals surface area (Å²) in [4.78, 5) is 25.2. The van der Waals surface area contributed by atoms with E-state index in [1.165, 1.54) is 0 Å². The number of carbonyl (C=O) groups is 2. The molecule has 0 spiro atoms.